The Kier molecular flexibility index (Phi) is 4.41. The average molecular weight is 280 g/mol. The molecule has 1 aromatic carbocycles. The molecule has 0 aliphatic rings. The summed E-state index contributed by atoms with van der Waals surface area (Å²) in [6.07, 6.45) is 0.618. The fraction of sp³-hybridized carbons (Fsp3) is 0.154. The van der Waals surface area contributed by atoms with Gasteiger partial charge in [-0.05, 0) is 36.2 Å². The van der Waals surface area contributed by atoms with Crippen molar-refractivity contribution in [3.05, 3.63) is 58.6 Å². The summed E-state index contributed by atoms with van der Waals surface area (Å²) >= 11 is 5.58. The SMILES string of the molecule is O=C(NCCc1ccc(F)cc1)c1ccc(Cl)nn1. The van der Waals surface area contributed by atoms with Gasteiger partial charge in [0.1, 0.15) is 5.82 Å². The first-order valence-corrected chi connectivity index (χ1v) is 6.05. The summed E-state index contributed by atoms with van der Waals surface area (Å²) in [5.74, 6) is -0.587. The number of hydrogen-bond acceptors (Lipinski definition) is 3. The fourth-order valence-electron chi connectivity index (χ4n) is 1.50. The summed E-state index contributed by atoms with van der Waals surface area (Å²) < 4.78 is 12.7. The molecule has 6 heteroatoms. The van der Waals surface area contributed by atoms with Crippen molar-refractivity contribution < 1.29 is 9.18 Å². The number of hydrogen-bond donors (Lipinski definition) is 1. The molecule has 0 radical (unpaired) electrons. The van der Waals surface area contributed by atoms with E-state index in [2.05, 4.69) is 15.5 Å². The van der Waals surface area contributed by atoms with Crippen LogP contribution in [0.15, 0.2) is 36.4 Å². The molecule has 1 heterocycles. The van der Waals surface area contributed by atoms with Crippen molar-refractivity contribution in [1.29, 1.82) is 0 Å². The maximum atomic E-state index is 12.7. The fourth-order valence-corrected chi connectivity index (χ4v) is 1.60. The van der Waals surface area contributed by atoms with Gasteiger partial charge < -0.3 is 5.32 Å². The summed E-state index contributed by atoms with van der Waals surface area (Å²) in [5.41, 5.74) is 1.16. The molecule has 19 heavy (non-hydrogen) atoms. The Morgan fingerprint density at radius 2 is 1.89 bits per heavy atom. The standard InChI is InChI=1S/C13H11ClFN3O/c14-12-6-5-11(17-18-12)13(19)16-8-7-9-1-3-10(15)4-2-9/h1-6H,7-8H2,(H,16,19). The molecule has 2 aromatic rings. The Morgan fingerprint density at radius 1 is 1.16 bits per heavy atom. The molecule has 98 valence electrons. The molecule has 4 nitrogen and oxygen atoms in total. The molecule has 0 bridgehead atoms. The van der Waals surface area contributed by atoms with Crippen LogP contribution in [0.3, 0.4) is 0 Å². The molecule has 0 unspecified atom stereocenters. The second-order valence-electron chi connectivity index (χ2n) is 3.87. The first-order valence-electron chi connectivity index (χ1n) is 5.67. The molecule has 1 aromatic heterocycles. The van der Waals surface area contributed by atoms with Crippen molar-refractivity contribution in [3.8, 4) is 0 Å². The Morgan fingerprint density at radius 3 is 2.53 bits per heavy atom. The molecule has 0 aliphatic heterocycles. The minimum atomic E-state index is -0.314. The Hall–Kier alpha value is -2.01. The highest BCUT2D eigenvalue weighted by Gasteiger charge is 2.06. The van der Waals surface area contributed by atoms with Crippen LogP contribution in [-0.4, -0.2) is 22.6 Å². The van der Waals surface area contributed by atoms with Crippen LogP contribution in [0, 0.1) is 5.82 Å². The zero-order valence-corrected chi connectivity index (χ0v) is 10.7. The Balaban J connectivity index is 1.84. The molecule has 0 saturated carbocycles. The first-order chi connectivity index (χ1) is 9.15. The summed E-state index contributed by atoms with van der Waals surface area (Å²) in [6.45, 7) is 0.439. The molecular formula is C13H11ClFN3O. The molecular weight excluding hydrogens is 269 g/mol. The number of nitrogens with one attached hydrogen (secondary N) is 1. The van der Waals surface area contributed by atoms with Crippen LogP contribution in [0.4, 0.5) is 4.39 Å². The number of carbonyl (C=O) groups is 1. The highest BCUT2D eigenvalue weighted by Crippen LogP contribution is 2.04. The summed E-state index contributed by atoms with van der Waals surface area (Å²) in [4.78, 5) is 11.7. The number of amides is 1. The van der Waals surface area contributed by atoms with Crippen molar-refractivity contribution in [2.24, 2.45) is 0 Å². The monoisotopic (exact) mass is 279 g/mol. The molecule has 1 amide bonds. The predicted molar refractivity (Wildman–Crippen MR) is 69.5 cm³/mol. The predicted octanol–water partition coefficient (Wildman–Crippen LogP) is 2.24. The van der Waals surface area contributed by atoms with E-state index in [0.717, 1.165) is 5.56 Å². The van der Waals surface area contributed by atoms with Crippen molar-refractivity contribution in [2.45, 2.75) is 6.42 Å². The van der Waals surface area contributed by atoms with Gasteiger partial charge in [-0.2, -0.15) is 0 Å². The number of aromatic nitrogens is 2. The van der Waals surface area contributed by atoms with Crippen LogP contribution in [0.1, 0.15) is 16.1 Å². The van der Waals surface area contributed by atoms with E-state index in [1.807, 2.05) is 0 Å². The van der Waals surface area contributed by atoms with Crippen LogP contribution in [-0.2, 0) is 6.42 Å². The Bertz CT molecular complexity index is 557. The van der Waals surface area contributed by atoms with Crippen molar-refractivity contribution in [1.82, 2.24) is 15.5 Å². The van der Waals surface area contributed by atoms with Gasteiger partial charge in [0.15, 0.2) is 10.8 Å². The van der Waals surface area contributed by atoms with Crippen molar-refractivity contribution in [2.75, 3.05) is 6.54 Å². The number of carbonyl (C=O) groups excluding carboxylic acids is 1. The number of rotatable bonds is 4. The third-order valence-electron chi connectivity index (χ3n) is 2.48. The van der Waals surface area contributed by atoms with E-state index in [4.69, 9.17) is 11.6 Å². The van der Waals surface area contributed by atoms with E-state index < -0.39 is 0 Å². The van der Waals surface area contributed by atoms with Crippen LogP contribution in [0.5, 0.6) is 0 Å². The molecule has 0 atom stereocenters. The second kappa shape index (κ2) is 6.24. The lowest BCUT2D eigenvalue weighted by Gasteiger charge is -2.04. The zero-order chi connectivity index (χ0) is 13.7. The summed E-state index contributed by atoms with van der Waals surface area (Å²) in [5, 5.41) is 10.2. The lowest BCUT2D eigenvalue weighted by molar-refractivity contribution is 0.0948. The smallest absolute Gasteiger partial charge is 0.271 e. The minimum Gasteiger partial charge on any atom is -0.350 e. The zero-order valence-electron chi connectivity index (χ0n) is 9.94. The van der Waals surface area contributed by atoms with Crippen molar-refractivity contribution >= 4 is 17.5 Å². The third kappa shape index (κ3) is 3.99. The third-order valence-corrected chi connectivity index (χ3v) is 2.68. The number of benzene rings is 1. The van der Waals surface area contributed by atoms with Gasteiger partial charge in [0, 0.05) is 6.54 Å². The maximum absolute atomic E-state index is 12.7. The normalized spacial score (nSPS) is 10.2. The first kappa shape index (κ1) is 13.4. The Labute approximate surface area is 114 Å². The van der Waals surface area contributed by atoms with E-state index in [0.29, 0.717) is 13.0 Å². The van der Waals surface area contributed by atoms with E-state index in [-0.39, 0.29) is 22.6 Å². The molecule has 0 saturated heterocycles. The van der Waals surface area contributed by atoms with Gasteiger partial charge in [-0.25, -0.2) is 4.39 Å². The topological polar surface area (TPSA) is 54.9 Å². The van der Waals surface area contributed by atoms with Gasteiger partial charge in [0.05, 0.1) is 0 Å². The van der Waals surface area contributed by atoms with Crippen LogP contribution >= 0.6 is 11.6 Å². The number of nitrogens with zero attached hydrogens (tertiary/aromatic N) is 2. The van der Waals surface area contributed by atoms with Gasteiger partial charge in [0.2, 0.25) is 0 Å². The van der Waals surface area contributed by atoms with Gasteiger partial charge in [0.25, 0.3) is 5.91 Å². The molecule has 0 aliphatic carbocycles. The summed E-state index contributed by atoms with van der Waals surface area (Å²) in [7, 11) is 0. The van der Waals surface area contributed by atoms with Gasteiger partial charge >= 0.3 is 0 Å². The van der Waals surface area contributed by atoms with Crippen molar-refractivity contribution in [3.63, 3.8) is 0 Å². The van der Waals surface area contributed by atoms with Crippen LogP contribution < -0.4 is 5.32 Å². The van der Waals surface area contributed by atoms with E-state index in [1.165, 1.54) is 24.3 Å². The van der Waals surface area contributed by atoms with E-state index >= 15 is 0 Å². The lowest BCUT2D eigenvalue weighted by atomic mass is 10.1. The van der Waals surface area contributed by atoms with E-state index in [9.17, 15) is 9.18 Å². The lowest BCUT2D eigenvalue weighted by Crippen LogP contribution is -2.26. The highest BCUT2D eigenvalue weighted by molar-refractivity contribution is 6.29. The number of halogens is 2. The second-order valence-corrected chi connectivity index (χ2v) is 4.26. The molecule has 2 rings (SSSR count). The summed E-state index contributed by atoms with van der Waals surface area (Å²) in [6, 6.07) is 9.16. The van der Waals surface area contributed by atoms with Gasteiger partial charge in [-0.1, -0.05) is 23.7 Å². The maximum Gasteiger partial charge on any atom is 0.271 e. The van der Waals surface area contributed by atoms with Crippen LogP contribution in [0.2, 0.25) is 5.15 Å². The highest BCUT2D eigenvalue weighted by atomic mass is 35.5. The van der Waals surface area contributed by atoms with Gasteiger partial charge in [-0.15, -0.1) is 10.2 Å². The van der Waals surface area contributed by atoms with Crippen LogP contribution in [0.25, 0.3) is 0 Å². The molecule has 0 spiro atoms. The average Bonchev–Trinajstić information content (AvgIpc) is 2.41. The minimum absolute atomic E-state index is 0.212. The molecule has 1 N–H and O–H groups in total. The van der Waals surface area contributed by atoms with Gasteiger partial charge in [-0.3, -0.25) is 4.79 Å². The van der Waals surface area contributed by atoms with E-state index in [1.54, 1.807) is 12.1 Å². The molecule has 0 fully saturated rings. The largest absolute Gasteiger partial charge is 0.350 e. The quantitative estimate of drug-likeness (QED) is 0.934.